The van der Waals surface area contributed by atoms with Crippen LogP contribution in [0.4, 0.5) is 0 Å². The number of esters is 3. The zero-order chi connectivity index (χ0) is 49.3. The molecule has 0 radical (unpaired) electrons. The van der Waals surface area contributed by atoms with Gasteiger partial charge in [0, 0.05) is 19.3 Å². The van der Waals surface area contributed by atoms with Crippen molar-refractivity contribution < 1.29 is 28.6 Å². The summed E-state index contributed by atoms with van der Waals surface area (Å²) in [5.41, 5.74) is 0. The number of rotatable bonds is 54. The molecule has 0 aromatic carbocycles. The Kier molecular flexibility index (Phi) is 54.8. The van der Waals surface area contributed by atoms with E-state index < -0.39 is 6.10 Å². The molecule has 0 fully saturated rings. The van der Waals surface area contributed by atoms with Crippen molar-refractivity contribution in [3.63, 3.8) is 0 Å². The van der Waals surface area contributed by atoms with Gasteiger partial charge in [0.25, 0.3) is 0 Å². The van der Waals surface area contributed by atoms with E-state index in [1.807, 2.05) is 0 Å². The minimum atomic E-state index is -0.772. The Morgan fingerprint density at radius 3 is 0.838 bits per heavy atom. The van der Waals surface area contributed by atoms with Crippen LogP contribution in [0.25, 0.3) is 0 Å². The normalized spacial score (nSPS) is 12.3. The molecule has 1 atom stereocenters. The molecule has 0 heterocycles. The van der Waals surface area contributed by atoms with Gasteiger partial charge in [0.1, 0.15) is 13.2 Å². The quantitative estimate of drug-likeness (QED) is 0.0262. The van der Waals surface area contributed by atoms with E-state index >= 15 is 0 Å². The summed E-state index contributed by atoms with van der Waals surface area (Å²) in [6.07, 6.45) is 69.9. The molecule has 1 unspecified atom stereocenters. The average Bonchev–Trinajstić information content (AvgIpc) is 3.34. The van der Waals surface area contributed by atoms with Gasteiger partial charge in [0.15, 0.2) is 6.10 Å². The first-order valence-electron chi connectivity index (χ1n) is 29.6. The molecule has 0 rings (SSSR count). The molecule has 0 aliphatic carbocycles. The smallest absolute Gasteiger partial charge is 0.306 e. The number of unbranched alkanes of at least 4 members (excludes halogenated alkanes) is 35. The third-order valence-corrected chi connectivity index (χ3v) is 13.1. The second-order valence-corrected chi connectivity index (χ2v) is 19.9. The van der Waals surface area contributed by atoms with Crippen LogP contribution in [0.15, 0.2) is 48.6 Å². The lowest BCUT2D eigenvalue weighted by molar-refractivity contribution is -0.167. The van der Waals surface area contributed by atoms with E-state index in [0.29, 0.717) is 19.3 Å². The lowest BCUT2D eigenvalue weighted by atomic mass is 10.0. The Bertz CT molecular complexity index is 1190. The zero-order valence-corrected chi connectivity index (χ0v) is 45.4. The first-order chi connectivity index (χ1) is 33.5. The molecule has 0 spiro atoms. The third-order valence-electron chi connectivity index (χ3n) is 13.1. The maximum Gasteiger partial charge on any atom is 0.306 e. The Morgan fingerprint density at radius 2 is 0.529 bits per heavy atom. The maximum atomic E-state index is 12.8. The predicted octanol–water partition coefficient (Wildman–Crippen LogP) is 19.8. The van der Waals surface area contributed by atoms with Gasteiger partial charge in [-0.3, -0.25) is 14.4 Å². The van der Waals surface area contributed by atoms with Crippen LogP contribution < -0.4 is 0 Å². The highest BCUT2D eigenvalue weighted by molar-refractivity contribution is 5.71. The van der Waals surface area contributed by atoms with Gasteiger partial charge in [0.05, 0.1) is 0 Å². The van der Waals surface area contributed by atoms with Crippen LogP contribution in [-0.4, -0.2) is 37.2 Å². The summed E-state index contributed by atoms with van der Waals surface area (Å²) in [5, 5.41) is 0. The SMILES string of the molecule is CCCCCCC/C=C\C/C=C\C/C=C\CCCCCCCCCCCCCCCCC(=O)OCC(COC(=O)CCCCCCCCC)OC(=O)CCCCCCC/C=C\CCCCCCC. The molecular formula is C62H112O6. The molecule has 0 saturated heterocycles. The van der Waals surface area contributed by atoms with E-state index in [2.05, 4.69) is 69.4 Å². The van der Waals surface area contributed by atoms with Crippen molar-refractivity contribution in [1.82, 2.24) is 0 Å². The van der Waals surface area contributed by atoms with Crippen molar-refractivity contribution in [3.8, 4) is 0 Å². The summed E-state index contributed by atoms with van der Waals surface area (Å²) in [4.78, 5) is 37.9. The van der Waals surface area contributed by atoms with Crippen molar-refractivity contribution in [2.75, 3.05) is 13.2 Å². The standard InChI is InChI=1S/C62H112O6/c1-4-7-10-13-16-18-20-22-24-25-26-27-28-29-30-31-32-33-34-35-36-37-38-40-41-43-46-49-52-55-61(64)67-58-59(57-66-60(63)54-51-48-45-15-12-9-6-3)68-62(65)56-53-50-47-44-42-39-23-21-19-17-14-11-8-5-2/h20-23,25-26,28-29,59H,4-19,24,27,30-58H2,1-3H3/b22-20-,23-21-,26-25-,29-28-. The summed E-state index contributed by atoms with van der Waals surface area (Å²) >= 11 is 0. The fraction of sp³-hybridized carbons (Fsp3) is 0.823. The minimum Gasteiger partial charge on any atom is -0.462 e. The van der Waals surface area contributed by atoms with Crippen molar-refractivity contribution in [2.45, 2.75) is 316 Å². The number of allylic oxidation sites excluding steroid dienone is 8. The summed E-state index contributed by atoms with van der Waals surface area (Å²) < 4.78 is 16.8. The highest BCUT2D eigenvalue weighted by Crippen LogP contribution is 2.16. The van der Waals surface area contributed by atoms with E-state index in [-0.39, 0.29) is 31.1 Å². The predicted molar refractivity (Wildman–Crippen MR) is 293 cm³/mol. The average molecular weight is 954 g/mol. The largest absolute Gasteiger partial charge is 0.462 e. The molecule has 6 nitrogen and oxygen atoms in total. The van der Waals surface area contributed by atoms with Crippen LogP contribution in [0.3, 0.4) is 0 Å². The molecule has 396 valence electrons. The molecule has 0 aliphatic rings. The summed E-state index contributed by atoms with van der Waals surface area (Å²) in [5.74, 6) is -0.878. The summed E-state index contributed by atoms with van der Waals surface area (Å²) in [6, 6.07) is 0. The number of hydrogen-bond acceptors (Lipinski definition) is 6. The highest BCUT2D eigenvalue weighted by atomic mass is 16.6. The lowest BCUT2D eigenvalue weighted by Gasteiger charge is -2.18. The maximum absolute atomic E-state index is 12.8. The molecule has 68 heavy (non-hydrogen) atoms. The fourth-order valence-corrected chi connectivity index (χ4v) is 8.56. The van der Waals surface area contributed by atoms with Gasteiger partial charge < -0.3 is 14.2 Å². The second kappa shape index (κ2) is 57.0. The Balaban J connectivity index is 4.06. The molecular weight excluding hydrogens is 841 g/mol. The van der Waals surface area contributed by atoms with Crippen LogP contribution >= 0.6 is 0 Å². The van der Waals surface area contributed by atoms with Gasteiger partial charge in [-0.15, -0.1) is 0 Å². The van der Waals surface area contributed by atoms with Gasteiger partial charge in [-0.2, -0.15) is 0 Å². The number of carbonyl (C=O) groups excluding carboxylic acids is 3. The molecule has 0 bridgehead atoms. The molecule has 0 aliphatic heterocycles. The van der Waals surface area contributed by atoms with E-state index in [9.17, 15) is 14.4 Å². The first kappa shape index (κ1) is 65.4. The third kappa shape index (κ3) is 54.3. The van der Waals surface area contributed by atoms with Crippen LogP contribution in [0.1, 0.15) is 310 Å². The Morgan fingerprint density at radius 1 is 0.294 bits per heavy atom. The molecule has 0 aromatic rings. The van der Waals surface area contributed by atoms with Gasteiger partial charge in [-0.05, 0) is 83.5 Å². The van der Waals surface area contributed by atoms with Gasteiger partial charge in [-0.25, -0.2) is 0 Å². The van der Waals surface area contributed by atoms with Gasteiger partial charge >= 0.3 is 17.9 Å². The number of carbonyl (C=O) groups is 3. The second-order valence-electron chi connectivity index (χ2n) is 19.9. The van der Waals surface area contributed by atoms with Crippen molar-refractivity contribution in [1.29, 1.82) is 0 Å². The number of ether oxygens (including phenoxy) is 3. The van der Waals surface area contributed by atoms with Crippen molar-refractivity contribution in [2.24, 2.45) is 0 Å². The molecule has 0 N–H and O–H groups in total. The van der Waals surface area contributed by atoms with Crippen molar-refractivity contribution in [3.05, 3.63) is 48.6 Å². The van der Waals surface area contributed by atoms with Crippen molar-refractivity contribution >= 4 is 17.9 Å². The molecule has 0 saturated carbocycles. The molecule has 6 heteroatoms. The molecule has 0 amide bonds. The van der Waals surface area contributed by atoms with Crippen LogP contribution in [0.2, 0.25) is 0 Å². The van der Waals surface area contributed by atoms with Gasteiger partial charge in [-0.1, -0.05) is 256 Å². The first-order valence-corrected chi connectivity index (χ1v) is 29.6. The van der Waals surface area contributed by atoms with E-state index in [1.54, 1.807) is 0 Å². The van der Waals surface area contributed by atoms with Crippen LogP contribution in [-0.2, 0) is 28.6 Å². The topological polar surface area (TPSA) is 78.9 Å². The summed E-state index contributed by atoms with van der Waals surface area (Å²) in [7, 11) is 0. The van der Waals surface area contributed by atoms with E-state index in [1.165, 1.54) is 193 Å². The van der Waals surface area contributed by atoms with Crippen LogP contribution in [0, 0.1) is 0 Å². The number of hydrogen-bond donors (Lipinski definition) is 0. The fourth-order valence-electron chi connectivity index (χ4n) is 8.56. The van der Waals surface area contributed by atoms with Crippen LogP contribution in [0.5, 0.6) is 0 Å². The Labute approximate surface area is 422 Å². The van der Waals surface area contributed by atoms with E-state index in [4.69, 9.17) is 14.2 Å². The lowest BCUT2D eigenvalue weighted by Crippen LogP contribution is -2.30. The monoisotopic (exact) mass is 953 g/mol. The van der Waals surface area contributed by atoms with E-state index in [0.717, 1.165) is 77.0 Å². The molecule has 0 aromatic heterocycles. The zero-order valence-electron chi connectivity index (χ0n) is 45.4. The highest BCUT2D eigenvalue weighted by Gasteiger charge is 2.19. The van der Waals surface area contributed by atoms with Gasteiger partial charge in [0.2, 0.25) is 0 Å². The Hall–Kier alpha value is -2.63. The summed E-state index contributed by atoms with van der Waals surface area (Å²) in [6.45, 7) is 6.59. The minimum absolute atomic E-state index is 0.0740.